The van der Waals surface area contributed by atoms with Crippen molar-refractivity contribution < 1.29 is 9.72 Å². The van der Waals surface area contributed by atoms with E-state index in [1.54, 1.807) is 12.1 Å². The SMILES string of the molecule is O=C1CSC(=Nc2cccc([N+](=O)[O-])c2)N1c1ccccc1. The van der Waals surface area contributed by atoms with E-state index in [-0.39, 0.29) is 11.6 Å². The van der Waals surface area contributed by atoms with Crippen molar-refractivity contribution in [3.8, 4) is 0 Å². The number of hydrogen-bond acceptors (Lipinski definition) is 5. The summed E-state index contributed by atoms with van der Waals surface area (Å²) < 4.78 is 0. The van der Waals surface area contributed by atoms with Gasteiger partial charge in [0.05, 0.1) is 22.1 Å². The van der Waals surface area contributed by atoms with E-state index in [0.717, 1.165) is 5.69 Å². The highest BCUT2D eigenvalue weighted by Gasteiger charge is 2.29. The highest BCUT2D eigenvalue weighted by atomic mass is 32.2. The molecule has 0 aliphatic carbocycles. The molecule has 7 heteroatoms. The van der Waals surface area contributed by atoms with Gasteiger partial charge in [-0.15, -0.1) is 0 Å². The average Bonchev–Trinajstić information content (AvgIpc) is 2.89. The van der Waals surface area contributed by atoms with Crippen LogP contribution >= 0.6 is 11.8 Å². The predicted molar refractivity (Wildman–Crippen MR) is 86.6 cm³/mol. The number of thioether (sulfide) groups is 1. The minimum absolute atomic E-state index is 0.0255. The lowest BCUT2D eigenvalue weighted by Gasteiger charge is -2.15. The summed E-state index contributed by atoms with van der Waals surface area (Å²) in [5.41, 5.74) is 1.16. The molecule has 0 bridgehead atoms. The first-order valence-corrected chi connectivity index (χ1v) is 7.47. The molecule has 0 saturated carbocycles. The van der Waals surface area contributed by atoms with Gasteiger partial charge in [0.25, 0.3) is 5.69 Å². The van der Waals surface area contributed by atoms with Crippen molar-refractivity contribution in [1.29, 1.82) is 0 Å². The van der Waals surface area contributed by atoms with Crippen molar-refractivity contribution in [2.45, 2.75) is 0 Å². The van der Waals surface area contributed by atoms with Crippen molar-refractivity contribution in [3.63, 3.8) is 0 Å². The Morgan fingerprint density at radius 1 is 1.14 bits per heavy atom. The van der Waals surface area contributed by atoms with Crippen LogP contribution in [0.3, 0.4) is 0 Å². The Hall–Kier alpha value is -2.67. The van der Waals surface area contributed by atoms with Crippen LogP contribution in [0.2, 0.25) is 0 Å². The van der Waals surface area contributed by atoms with Crippen LogP contribution in [0.25, 0.3) is 0 Å². The minimum Gasteiger partial charge on any atom is -0.273 e. The second-order valence-electron chi connectivity index (χ2n) is 4.52. The van der Waals surface area contributed by atoms with E-state index >= 15 is 0 Å². The van der Waals surface area contributed by atoms with Crippen LogP contribution in [-0.2, 0) is 4.79 Å². The number of nitrogens with zero attached hydrogens (tertiary/aromatic N) is 3. The Labute approximate surface area is 130 Å². The van der Waals surface area contributed by atoms with Gasteiger partial charge < -0.3 is 0 Å². The molecule has 1 aliphatic rings. The molecular formula is C15H11N3O3S. The quantitative estimate of drug-likeness (QED) is 0.643. The third-order valence-electron chi connectivity index (χ3n) is 3.05. The number of amidine groups is 1. The van der Waals surface area contributed by atoms with Gasteiger partial charge in [-0.1, -0.05) is 36.0 Å². The van der Waals surface area contributed by atoms with Gasteiger partial charge >= 0.3 is 0 Å². The first-order valence-electron chi connectivity index (χ1n) is 6.49. The van der Waals surface area contributed by atoms with E-state index in [1.165, 1.54) is 28.8 Å². The summed E-state index contributed by atoms with van der Waals surface area (Å²) in [5, 5.41) is 11.3. The number of anilines is 1. The van der Waals surface area contributed by atoms with Gasteiger partial charge in [-0.2, -0.15) is 0 Å². The van der Waals surface area contributed by atoms with E-state index in [4.69, 9.17) is 0 Å². The number of nitro benzene ring substituents is 1. The lowest BCUT2D eigenvalue weighted by atomic mass is 10.3. The van der Waals surface area contributed by atoms with Crippen LogP contribution < -0.4 is 4.90 Å². The minimum atomic E-state index is -0.467. The topological polar surface area (TPSA) is 75.8 Å². The van der Waals surface area contributed by atoms with Crippen LogP contribution in [0.4, 0.5) is 17.1 Å². The van der Waals surface area contributed by atoms with E-state index in [1.807, 2.05) is 30.3 Å². The number of non-ortho nitro benzene ring substituents is 1. The summed E-state index contributed by atoms with van der Waals surface area (Å²) in [6.07, 6.45) is 0. The summed E-state index contributed by atoms with van der Waals surface area (Å²) >= 11 is 1.32. The van der Waals surface area contributed by atoms with Gasteiger partial charge in [-0.25, -0.2) is 4.99 Å². The summed E-state index contributed by atoms with van der Waals surface area (Å²) in [6, 6.07) is 15.3. The Balaban J connectivity index is 1.97. The van der Waals surface area contributed by atoms with Gasteiger partial charge in [-0.3, -0.25) is 19.8 Å². The monoisotopic (exact) mass is 313 g/mol. The van der Waals surface area contributed by atoms with Crippen molar-refractivity contribution in [1.82, 2.24) is 0 Å². The molecule has 110 valence electrons. The second-order valence-corrected chi connectivity index (χ2v) is 5.47. The molecule has 0 atom stereocenters. The molecule has 2 aromatic rings. The van der Waals surface area contributed by atoms with Gasteiger partial charge in [-0.05, 0) is 18.2 Å². The molecule has 1 heterocycles. The number of rotatable bonds is 3. The molecule has 0 radical (unpaired) electrons. The fraction of sp³-hybridized carbons (Fsp3) is 0.0667. The Bertz CT molecular complexity index is 762. The highest BCUT2D eigenvalue weighted by Crippen LogP contribution is 2.29. The van der Waals surface area contributed by atoms with Gasteiger partial charge in [0, 0.05) is 12.1 Å². The molecule has 22 heavy (non-hydrogen) atoms. The molecule has 0 aromatic heterocycles. The van der Waals surface area contributed by atoms with Gasteiger partial charge in [0.1, 0.15) is 0 Å². The third-order valence-corrected chi connectivity index (χ3v) is 3.97. The normalized spacial score (nSPS) is 16.3. The molecule has 1 amide bonds. The zero-order chi connectivity index (χ0) is 15.5. The molecule has 1 aliphatic heterocycles. The van der Waals surface area contributed by atoms with Gasteiger partial charge in [0.15, 0.2) is 5.17 Å². The lowest BCUT2D eigenvalue weighted by Crippen LogP contribution is -2.28. The first-order chi connectivity index (χ1) is 10.6. The number of nitro groups is 1. The fourth-order valence-corrected chi connectivity index (χ4v) is 2.95. The van der Waals surface area contributed by atoms with Crippen molar-refractivity contribution in [3.05, 3.63) is 64.7 Å². The Morgan fingerprint density at radius 2 is 1.91 bits per heavy atom. The van der Waals surface area contributed by atoms with Crippen LogP contribution in [0.1, 0.15) is 0 Å². The molecule has 0 spiro atoms. The number of para-hydroxylation sites is 1. The zero-order valence-electron chi connectivity index (χ0n) is 11.4. The van der Waals surface area contributed by atoms with Crippen molar-refractivity contribution in [2.75, 3.05) is 10.7 Å². The molecule has 0 N–H and O–H groups in total. The highest BCUT2D eigenvalue weighted by molar-refractivity contribution is 8.15. The van der Waals surface area contributed by atoms with E-state index in [2.05, 4.69) is 4.99 Å². The molecule has 0 unspecified atom stereocenters. The van der Waals surface area contributed by atoms with Crippen molar-refractivity contribution >= 4 is 39.9 Å². The maximum absolute atomic E-state index is 12.1. The number of hydrogen-bond donors (Lipinski definition) is 0. The molecule has 1 fully saturated rings. The van der Waals surface area contributed by atoms with Crippen LogP contribution in [0, 0.1) is 10.1 Å². The summed E-state index contributed by atoms with van der Waals surface area (Å²) in [7, 11) is 0. The number of carbonyl (C=O) groups excluding carboxylic acids is 1. The standard InChI is InChI=1S/C15H11N3O3S/c19-14-10-22-15(17(14)12-6-2-1-3-7-12)16-11-5-4-8-13(9-11)18(20)21/h1-9H,10H2. The second kappa shape index (κ2) is 5.98. The van der Waals surface area contributed by atoms with Crippen LogP contribution in [0.15, 0.2) is 59.6 Å². The van der Waals surface area contributed by atoms with Crippen molar-refractivity contribution in [2.24, 2.45) is 4.99 Å². The summed E-state index contributed by atoms with van der Waals surface area (Å²) in [5.74, 6) is 0.253. The average molecular weight is 313 g/mol. The molecule has 1 saturated heterocycles. The predicted octanol–water partition coefficient (Wildman–Crippen LogP) is 3.36. The first kappa shape index (κ1) is 14.3. The van der Waals surface area contributed by atoms with E-state index < -0.39 is 4.92 Å². The smallest absolute Gasteiger partial charge is 0.271 e. The van der Waals surface area contributed by atoms with Gasteiger partial charge in [0.2, 0.25) is 5.91 Å². The zero-order valence-corrected chi connectivity index (χ0v) is 12.2. The van der Waals surface area contributed by atoms with E-state index in [9.17, 15) is 14.9 Å². The lowest BCUT2D eigenvalue weighted by molar-refractivity contribution is -0.384. The molecule has 3 rings (SSSR count). The maximum atomic E-state index is 12.1. The number of benzene rings is 2. The van der Waals surface area contributed by atoms with E-state index in [0.29, 0.717) is 16.6 Å². The fourth-order valence-electron chi connectivity index (χ4n) is 2.06. The van der Waals surface area contributed by atoms with Crippen LogP contribution in [0.5, 0.6) is 0 Å². The maximum Gasteiger partial charge on any atom is 0.271 e. The van der Waals surface area contributed by atoms with Crippen LogP contribution in [-0.4, -0.2) is 21.8 Å². The Morgan fingerprint density at radius 3 is 2.64 bits per heavy atom. The Kier molecular flexibility index (Phi) is 3.88. The number of aliphatic imine (C=N–C) groups is 1. The largest absolute Gasteiger partial charge is 0.273 e. The third kappa shape index (κ3) is 2.84. The molecule has 6 nitrogen and oxygen atoms in total. The molecule has 2 aromatic carbocycles. The molecular weight excluding hydrogens is 302 g/mol. The number of carbonyl (C=O) groups is 1. The summed E-state index contributed by atoms with van der Waals surface area (Å²) in [6.45, 7) is 0. The number of amides is 1. The summed E-state index contributed by atoms with van der Waals surface area (Å²) in [4.78, 5) is 28.3.